The van der Waals surface area contributed by atoms with E-state index < -0.39 is 0 Å². The summed E-state index contributed by atoms with van der Waals surface area (Å²) in [5.41, 5.74) is 0.833. The molecule has 0 saturated carbocycles. The average Bonchev–Trinajstić information content (AvgIpc) is 2.38. The quantitative estimate of drug-likeness (QED) is 0.640. The Morgan fingerprint density at radius 2 is 2.60 bits per heavy atom. The second-order valence-electron chi connectivity index (χ2n) is 2.05. The van der Waals surface area contributed by atoms with Gasteiger partial charge in [0.05, 0.1) is 0 Å². The first-order valence-corrected chi connectivity index (χ1v) is 4.26. The Kier molecular flexibility index (Phi) is 2.81. The fourth-order valence-corrected chi connectivity index (χ4v) is 1.14. The predicted molar refractivity (Wildman–Crippen MR) is 44.6 cm³/mol. The Balaban J connectivity index is 2.43. The van der Waals surface area contributed by atoms with Crippen LogP contribution in [-0.2, 0) is 4.79 Å². The summed E-state index contributed by atoms with van der Waals surface area (Å²) in [4.78, 5) is 14.9. The number of nitrogens with zero attached hydrogens (tertiary/aromatic N) is 1. The van der Waals surface area contributed by atoms with Crippen LogP contribution in [0.5, 0.6) is 0 Å². The zero-order valence-electron chi connectivity index (χ0n) is 5.51. The molecule has 3 heteroatoms. The van der Waals surface area contributed by atoms with Crippen LogP contribution in [0.25, 0.3) is 0 Å². The van der Waals surface area contributed by atoms with Crippen LogP contribution < -0.4 is 0 Å². The van der Waals surface area contributed by atoms with Crippen molar-refractivity contribution < 1.29 is 4.79 Å². The number of rotatable bonds is 3. The van der Waals surface area contributed by atoms with Crippen LogP contribution in [0, 0.1) is 0 Å². The van der Waals surface area contributed by atoms with E-state index in [0.29, 0.717) is 12.8 Å². The lowest BCUT2D eigenvalue weighted by molar-refractivity contribution is -0.115. The van der Waals surface area contributed by atoms with Gasteiger partial charge >= 0.3 is 0 Å². The third-order valence-electron chi connectivity index (χ3n) is 1.33. The maximum absolute atomic E-state index is 11.1. The molecule has 0 aromatic carbocycles. The highest BCUT2D eigenvalue weighted by Crippen LogP contribution is 2.09. The van der Waals surface area contributed by atoms with Crippen molar-refractivity contribution in [3.8, 4) is 0 Å². The lowest BCUT2D eigenvalue weighted by Crippen LogP contribution is -2.01. The number of halogens is 1. The Hall–Kier alpha value is -0.440. The zero-order chi connectivity index (χ0) is 7.40. The van der Waals surface area contributed by atoms with Crippen LogP contribution in [0.2, 0.25) is 0 Å². The molecule has 0 unspecified atom stereocenters. The molecule has 0 bridgehead atoms. The summed E-state index contributed by atoms with van der Waals surface area (Å²) in [6.07, 6.45) is 4.69. The Morgan fingerprint density at radius 1 is 1.80 bits per heavy atom. The lowest BCUT2D eigenvalue weighted by Gasteiger charge is -1.94. The molecule has 1 rings (SSSR count). The summed E-state index contributed by atoms with van der Waals surface area (Å²) in [5, 5.41) is 0.739. The predicted octanol–water partition coefficient (Wildman–Crippen LogP) is 1.70. The van der Waals surface area contributed by atoms with E-state index in [1.165, 1.54) is 0 Å². The third kappa shape index (κ3) is 1.77. The Labute approximate surface area is 68.2 Å². The SMILES string of the molecule is O=C(CCBr)C1=CN=CC1. The molecule has 1 heterocycles. The molecule has 1 aliphatic rings. The maximum atomic E-state index is 11.1. The molecule has 0 saturated heterocycles. The fourth-order valence-electron chi connectivity index (χ4n) is 0.779. The van der Waals surface area contributed by atoms with Crippen LogP contribution in [-0.4, -0.2) is 17.3 Å². The van der Waals surface area contributed by atoms with Crippen molar-refractivity contribution in [1.29, 1.82) is 0 Å². The van der Waals surface area contributed by atoms with Gasteiger partial charge in [0, 0.05) is 36.2 Å². The summed E-state index contributed by atoms with van der Waals surface area (Å²) in [6, 6.07) is 0. The highest BCUT2D eigenvalue weighted by Gasteiger charge is 2.09. The second kappa shape index (κ2) is 3.66. The molecule has 0 radical (unpaired) electrons. The van der Waals surface area contributed by atoms with Crippen LogP contribution >= 0.6 is 15.9 Å². The number of allylic oxidation sites excluding steroid dienone is 1. The van der Waals surface area contributed by atoms with Gasteiger partial charge in [-0.2, -0.15) is 0 Å². The van der Waals surface area contributed by atoms with Gasteiger partial charge in [-0.25, -0.2) is 0 Å². The second-order valence-corrected chi connectivity index (χ2v) is 2.85. The summed E-state index contributed by atoms with van der Waals surface area (Å²) in [7, 11) is 0. The fraction of sp³-hybridized carbons (Fsp3) is 0.429. The molecule has 0 amide bonds. The van der Waals surface area contributed by atoms with Gasteiger partial charge in [-0.3, -0.25) is 9.79 Å². The number of aliphatic imine (C=N–C) groups is 1. The summed E-state index contributed by atoms with van der Waals surface area (Å²) < 4.78 is 0. The van der Waals surface area contributed by atoms with Crippen molar-refractivity contribution in [2.45, 2.75) is 12.8 Å². The molecule has 0 spiro atoms. The minimum absolute atomic E-state index is 0.203. The van der Waals surface area contributed by atoms with Crippen molar-refractivity contribution in [3.63, 3.8) is 0 Å². The largest absolute Gasteiger partial charge is 0.294 e. The van der Waals surface area contributed by atoms with Crippen molar-refractivity contribution in [1.82, 2.24) is 0 Å². The third-order valence-corrected chi connectivity index (χ3v) is 1.72. The highest BCUT2D eigenvalue weighted by atomic mass is 79.9. The summed E-state index contributed by atoms with van der Waals surface area (Å²) in [6.45, 7) is 0. The maximum Gasteiger partial charge on any atom is 0.161 e. The van der Waals surface area contributed by atoms with E-state index in [0.717, 1.165) is 10.9 Å². The van der Waals surface area contributed by atoms with Crippen LogP contribution in [0.4, 0.5) is 0 Å². The van der Waals surface area contributed by atoms with E-state index in [1.54, 1.807) is 12.4 Å². The van der Waals surface area contributed by atoms with E-state index in [2.05, 4.69) is 20.9 Å². The standard InChI is InChI=1S/C7H8BrNO/c8-3-1-7(10)6-2-4-9-5-6/h4-5H,1-3H2. The first kappa shape index (κ1) is 7.66. The molecule has 0 atom stereocenters. The van der Waals surface area contributed by atoms with Gasteiger partial charge in [-0.05, 0) is 0 Å². The van der Waals surface area contributed by atoms with E-state index in [1.807, 2.05) is 0 Å². The van der Waals surface area contributed by atoms with Crippen LogP contribution in [0.3, 0.4) is 0 Å². The summed E-state index contributed by atoms with van der Waals surface area (Å²) in [5.74, 6) is 0.203. The number of carbonyl (C=O) groups is 1. The molecule has 1 aliphatic heterocycles. The molecule has 0 N–H and O–H groups in total. The lowest BCUT2D eigenvalue weighted by atomic mass is 10.1. The van der Waals surface area contributed by atoms with E-state index in [-0.39, 0.29) is 5.78 Å². The van der Waals surface area contributed by atoms with Crippen molar-refractivity contribution in [2.75, 3.05) is 5.33 Å². The monoisotopic (exact) mass is 201 g/mol. The van der Waals surface area contributed by atoms with Crippen molar-refractivity contribution in [3.05, 3.63) is 11.8 Å². The molecule has 10 heavy (non-hydrogen) atoms. The van der Waals surface area contributed by atoms with Gasteiger partial charge in [-0.15, -0.1) is 0 Å². The molecule has 0 aromatic heterocycles. The average molecular weight is 202 g/mol. The molecule has 0 aliphatic carbocycles. The number of hydrogen-bond acceptors (Lipinski definition) is 2. The number of alkyl halides is 1. The smallest absolute Gasteiger partial charge is 0.161 e. The molecule has 2 nitrogen and oxygen atoms in total. The van der Waals surface area contributed by atoms with E-state index in [4.69, 9.17) is 0 Å². The van der Waals surface area contributed by atoms with Gasteiger partial charge in [0.15, 0.2) is 5.78 Å². The molecule has 54 valence electrons. The molecular weight excluding hydrogens is 194 g/mol. The zero-order valence-corrected chi connectivity index (χ0v) is 7.10. The van der Waals surface area contributed by atoms with Crippen LogP contribution in [0.1, 0.15) is 12.8 Å². The minimum atomic E-state index is 0.203. The normalized spacial score (nSPS) is 15.5. The van der Waals surface area contributed by atoms with Crippen molar-refractivity contribution in [2.24, 2.45) is 4.99 Å². The number of carbonyl (C=O) groups excluding carboxylic acids is 1. The number of ketones is 1. The van der Waals surface area contributed by atoms with Crippen molar-refractivity contribution >= 4 is 27.9 Å². The Morgan fingerprint density at radius 3 is 3.10 bits per heavy atom. The van der Waals surface area contributed by atoms with Gasteiger partial charge in [0.1, 0.15) is 0 Å². The summed E-state index contributed by atoms with van der Waals surface area (Å²) >= 11 is 3.21. The van der Waals surface area contributed by atoms with E-state index in [9.17, 15) is 4.79 Å². The van der Waals surface area contributed by atoms with Gasteiger partial charge in [0.25, 0.3) is 0 Å². The van der Waals surface area contributed by atoms with Gasteiger partial charge < -0.3 is 0 Å². The number of hydrogen-bond donors (Lipinski definition) is 0. The first-order chi connectivity index (χ1) is 4.84. The minimum Gasteiger partial charge on any atom is -0.294 e. The molecular formula is C7H8BrNO. The topological polar surface area (TPSA) is 29.4 Å². The first-order valence-electron chi connectivity index (χ1n) is 3.14. The molecule has 0 aromatic rings. The number of Topliss-reactive ketones (excluding diaryl/α,β-unsaturated/α-hetero) is 1. The van der Waals surface area contributed by atoms with Gasteiger partial charge in [0.2, 0.25) is 0 Å². The van der Waals surface area contributed by atoms with Gasteiger partial charge in [-0.1, -0.05) is 15.9 Å². The Bertz CT molecular complexity index is 196. The van der Waals surface area contributed by atoms with E-state index >= 15 is 0 Å². The highest BCUT2D eigenvalue weighted by molar-refractivity contribution is 9.09. The van der Waals surface area contributed by atoms with Crippen LogP contribution in [0.15, 0.2) is 16.8 Å². The molecule has 0 fully saturated rings.